The van der Waals surface area contributed by atoms with Crippen molar-refractivity contribution in [3.8, 4) is 0 Å². The van der Waals surface area contributed by atoms with Gasteiger partial charge in [-0.2, -0.15) is 0 Å². The Kier molecular flexibility index (Phi) is 6.17. The average molecular weight is 380 g/mol. The second kappa shape index (κ2) is 6.03. The Bertz CT molecular complexity index is 170. The number of hydrogen-bond acceptors (Lipinski definition) is 5. The van der Waals surface area contributed by atoms with Crippen LogP contribution in [-0.4, -0.2) is 26.4 Å². The van der Waals surface area contributed by atoms with Gasteiger partial charge < -0.3 is 0 Å². The molecule has 0 aromatic rings. The van der Waals surface area contributed by atoms with Crippen molar-refractivity contribution in [3.05, 3.63) is 0 Å². The third-order valence-electron chi connectivity index (χ3n) is 1.24. The Balaban J connectivity index is 4.80. The zero-order valence-corrected chi connectivity index (χ0v) is 12.2. The van der Waals surface area contributed by atoms with Gasteiger partial charge in [0.25, 0.3) is 0 Å². The molecule has 6 heteroatoms. The van der Waals surface area contributed by atoms with E-state index in [1.54, 1.807) is 27.7 Å². The van der Waals surface area contributed by atoms with Gasteiger partial charge >= 0.3 is 87.4 Å². The van der Waals surface area contributed by atoms with Crippen LogP contribution in [0.3, 0.4) is 0 Å². The van der Waals surface area contributed by atoms with Crippen LogP contribution in [0.1, 0.15) is 27.7 Å². The van der Waals surface area contributed by atoms with Gasteiger partial charge in [-0.05, 0) is 0 Å². The molecule has 0 aromatic heterocycles. The summed E-state index contributed by atoms with van der Waals surface area (Å²) >= 11 is -5.44. The van der Waals surface area contributed by atoms with Gasteiger partial charge in [-0.1, -0.05) is 0 Å². The molecule has 14 heavy (non-hydrogen) atoms. The Morgan fingerprint density at radius 1 is 0.714 bits per heavy atom. The number of hydrogen-bond donors (Lipinski definition) is 0. The Morgan fingerprint density at radius 2 is 0.929 bits per heavy atom. The third-order valence-corrected chi connectivity index (χ3v) is 10.2. The normalized spacial score (nSPS) is 15.0. The molecule has 0 aliphatic carbocycles. The van der Waals surface area contributed by atoms with Gasteiger partial charge in [0.15, 0.2) is 0 Å². The topological polar surface area (TPSA) is 54.0 Å². The molecule has 88 valence electrons. The fourth-order valence-electron chi connectivity index (χ4n) is 0.974. The van der Waals surface area contributed by atoms with Crippen molar-refractivity contribution < 1.29 is 33.3 Å². The molecular weight excluding hydrogens is 360 g/mol. The summed E-state index contributed by atoms with van der Waals surface area (Å²) in [5.74, 6) is 0. The van der Waals surface area contributed by atoms with Gasteiger partial charge in [0, 0.05) is 0 Å². The van der Waals surface area contributed by atoms with Crippen LogP contribution in [0.2, 0.25) is 0 Å². The SMILES string of the molecule is CC[O][W](=[O])([O]CC)([O]CC)[O]CC. The summed E-state index contributed by atoms with van der Waals surface area (Å²) in [6.07, 6.45) is 0. The zero-order valence-electron chi connectivity index (χ0n) is 9.28. The summed E-state index contributed by atoms with van der Waals surface area (Å²) in [6.45, 7) is 7.87. The maximum absolute atomic E-state index is 12.4. The van der Waals surface area contributed by atoms with Gasteiger partial charge in [-0.15, -0.1) is 0 Å². The molecule has 0 spiro atoms. The van der Waals surface area contributed by atoms with Crippen molar-refractivity contribution in [2.45, 2.75) is 27.7 Å². The van der Waals surface area contributed by atoms with E-state index in [-0.39, 0.29) is 26.4 Å². The van der Waals surface area contributed by atoms with E-state index >= 15 is 0 Å². The van der Waals surface area contributed by atoms with Crippen LogP contribution in [0.15, 0.2) is 0 Å². The van der Waals surface area contributed by atoms with Crippen molar-refractivity contribution in [3.63, 3.8) is 0 Å². The monoisotopic (exact) mass is 380 g/mol. The molecule has 0 amide bonds. The maximum atomic E-state index is 12.4. The predicted molar refractivity (Wildman–Crippen MR) is 47.2 cm³/mol. The first-order valence-corrected chi connectivity index (χ1v) is 10.8. The average Bonchev–Trinajstić information content (AvgIpc) is 2.05. The molecule has 0 atom stereocenters. The van der Waals surface area contributed by atoms with Crippen LogP contribution >= 0.6 is 0 Å². The summed E-state index contributed by atoms with van der Waals surface area (Å²) < 4.78 is 32.9. The van der Waals surface area contributed by atoms with E-state index in [1.165, 1.54) is 0 Å². The molecule has 0 saturated carbocycles. The van der Waals surface area contributed by atoms with Crippen molar-refractivity contribution in [2.24, 2.45) is 0 Å². The molecule has 0 rings (SSSR count). The van der Waals surface area contributed by atoms with Gasteiger partial charge in [-0.3, -0.25) is 0 Å². The molecule has 0 saturated heterocycles. The minimum absolute atomic E-state index is 0.244. The first kappa shape index (κ1) is 14.3. The van der Waals surface area contributed by atoms with E-state index in [9.17, 15) is 3.40 Å². The van der Waals surface area contributed by atoms with Crippen LogP contribution in [0.4, 0.5) is 0 Å². The van der Waals surface area contributed by atoms with E-state index in [0.717, 1.165) is 0 Å². The van der Waals surface area contributed by atoms with Crippen LogP contribution in [0, 0.1) is 0 Å². The van der Waals surface area contributed by atoms with Crippen molar-refractivity contribution in [2.75, 3.05) is 26.4 Å². The Labute approximate surface area is 87.6 Å². The van der Waals surface area contributed by atoms with Crippen LogP contribution in [0.5, 0.6) is 0 Å². The molecule has 0 bridgehead atoms. The molecule has 0 aliphatic heterocycles. The standard InChI is InChI=1S/4C2H5O.O.W/c4*1-2-3;;/h4*2H2,1H3;;/q4*-1;;+4. The first-order valence-electron chi connectivity index (χ1n) is 4.82. The summed E-state index contributed by atoms with van der Waals surface area (Å²) in [5.41, 5.74) is 0. The zero-order chi connectivity index (χ0) is 11.1. The molecule has 0 radical (unpaired) electrons. The fraction of sp³-hybridized carbons (Fsp3) is 1.00. The molecule has 0 aliphatic rings. The molecule has 0 heterocycles. The molecule has 0 fully saturated rings. The molecule has 0 N–H and O–H groups in total. The molecule has 0 aromatic carbocycles. The van der Waals surface area contributed by atoms with E-state index in [4.69, 9.17) is 13.6 Å². The Morgan fingerprint density at radius 3 is 1.07 bits per heavy atom. The van der Waals surface area contributed by atoms with E-state index in [2.05, 4.69) is 0 Å². The van der Waals surface area contributed by atoms with Gasteiger partial charge in [-0.25, -0.2) is 0 Å². The minimum atomic E-state index is -5.44. The number of rotatable bonds is 8. The van der Waals surface area contributed by atoms with Crippen LogP contribution < -0.4 is 0 Å². The van der Waals surface area contributed by atoms with Crippen LogP contribution in [-0.2, 0) is 33.3 Å². The van der Waals surface area contributed by atoms with Crippen molar-refractivity contribution in [1.82, 2.24) is 0 Å². The summed E-state index contributed by atoms with van der Waals surface area (Å²) in [7, 11) is 0. The van der Waals surface area contributed by atoms with Crippen molar-refractivity contribution in [1.29, 1.82) is 0 Å². The summed E-state index contributed by atoms with van der Waals surface area (Å²) in [6, 6.07) is 0. The third kappa shape index (κ3) is 3.83. The van der Waals surface area contributed by atoms with Crippen molar-refractivity contribution >= 4 is 0 Å². The first-order chi connectivity index (χ1) is 6.54. The molecule has 5 nitrogen and oxygen atoms in total. The van der Waals surface area contributed by atoms with Gasteiger partial charge in [0.05, 0.1) is 0 Å². The van der Waals surface area contributed by atoms with Gasteiger partial charge in [0.1, 0.15) is 0 Å². The molecule has 0 unspecified atom stereocenters. The quantitative estimate of drug-likeness (QED) is 0.643. The van der Waals surface area contributed by atoms with E-state index in [0.29, 0.717) is 0 Å². The second-order valence-electron chi connectivity index (χ2n) is 2.31. The van der Waals surface area contributed by atoms with Gasteiger partial charge in [0.2, 0.25) is 0 Å². The summed E-state index contributed by atoms with van der Waals surface area (Å²) in [5, 5.41) is 0. The molecular formula is C8H20O5W. The van der Waals surface area contributed by atoms with E-state index < -0.39 is 16.3 Å². The van der Waals surface area contributed by atoms with E-state index in [1.807, 2.05) is 0 Å². The second-order valence-corrected chi connectivity index (χ2v) is 10.6. The predicted octanol–water partition coefficient (Wildman–Crippen LogP) is 1.83. The summed E-state index contributed by atoms with van der Waals surface area (Å²) in [4.78, 5) is 0. The van der Waals surface area contributed by atoms with Crippen LogP contribution in [0.25, 0.3) is 0 Å². The Hall–Kier alpha value is 0.328. The fourth-order valence-corrected chi connectivity index (χ4v) is 7.97.